The fourth-order valence-corrected chi connectivity index (χ4v) is 4.07. The molecule has 1 saturated heterocycles. The van der Waals surface area contributed by atoms with Crippen LogP contribution in [0.2, 0.25) is 0 Å². The Balaban J connectivity index is 1.79. The Morgan fingerprint density at radius 2 is 1.69 bits per heavy atom. The van der Waals surface area contributed by atoms with Gasteiger partial charge in [0.05, 0.1) is 6.61 Å². The second-order valence-electron chi connectivity index (χ2n) is 7.60. The van der Waals surface area contributed by atoms with Crippen LogP contribution in [0.4, 0.5) is 0 Å². The Morgan fingerprint density at radius 3 is 2.38 bits per heavy atom. The van der Waals surface area contributed by atoms with E-state index in [0.29, 0.717) is 12.1 Å². The van der Waals surface area contributed by atoms with Crippen LogP contribution in [-0.2, 0) is 11.3 Å². The zero-order chi connectivity index (χ0) is 20.7. The molecule has 5 N–H and O–H groups in total. The fraction of sp³-hybridized carbons (Fsp3) is 0.364. The van der Waals surface area contributed by atoms with Crippen molar-refractivity contribution < 1.29 is 30.3 Å². The number of hydrogen-bond acceptors (Lipinski definition) is 6. The van der Waals surface area contributed by atoms with E-state index in [9.17, 15) is 25.5 Å². The lowest BCUT2D eigenvalue weighted by molar-refractivity contribution is -0.231. The summed E-state index contributed by atoms with van der Waals surface area (Å²) < 4.78 is 7.82. The van der Waals surface area contributed by atoms with E-state index in [1.54, 1.807) is 12.1 Å². The van der Waals surface area contributed by atoms with Crippen molar-refractivity contribution in [3.05, 3.63) is 65.4 Å². The molecule has 1 aliphatic heterocycles. The molecular formula is C22H25NO6. The molecule has 0 bridgehead atoms. The number of phenolic OH excluding ortho intramolecular Hbond substituents is 1. The molecule has 154 valence electrons. The third-order valence-electron chi connectivity index (χ3n) is 5.63. The molecule has 2 aromatic carbocycles. The third-order valence-corrected chi connectivity index (χ3v) is 5.63. The second kappa shape index (κ2) is 7.78. The highest BCUT2D eigenvalue weighted by Gasteiger charge is 2.44. The Bertz CT molecular complexity index is 996. The summed E-state index contributed by atoms with van der Waals surface area (Å²) in [5.41, 5.74) is 3.60. The van der Waals surface area contributed by atoms with Gasteiger partial charge in [-0.15, -0.1) is 0 Å². The lowest BCUT2D eigenvalue weighted by Gasteiger charge is -2.40. The predicted molar refractivity (Wildman–Crippen MR) is 107 cm³/mol. The molecule has 7 heteroatoms. The summed E-state index contributed by atoms with van der Waals surface area (Å²) in [6, 6.07) is 12.8. The SMILES string of the molecule is Cc1cccc2c1c([C@@H]1O[C@H](CO)[C@@H](O)[C@H](O)[C@H]1O)cn2Cc1ccc(O)cc1. The smallest absolute Gasteiger partial charge is 0.115 e. The summed E-state index contributed by atoms with van der Waals surface area (Å²) in [7, 11) is 0. The van der Waals surface area contributed by atoms with E-state index in [1.165, 1.54) is 0 Å². The van der Waals surface area contributed by atoms with Gasteiger partial charge in [-0.1, -0.05) is 24.3 Å². The number of aromatic hydroxyl groups is 1. The van der Waals surface area contributed by atoms with E-state index >= 15 is 0 Å². The number of aliphatic hydroxyl groups is 4. The van der Waals surface area contributed by atoms with Crippen molar-refractivity contribution in [3.63, 3.8) is 0 Å². The van der Waals surface area contributed by atoms with Crippen LogP contribution in [0.25, 0.3) is 10.9 Å². The first kappa shape index (κ1) is 19.9. The number of aliphatic hydroxyl groups excluding tert-OH is 4. The molecule has 0 amide bonds. The molecule has 0 aliphatic carbocycles. The highest BCUT2D eigenvalue weighted by Crippen LogP contribution is 2.38. The van der Waals surface area contributed by atoms with Gasteiger partial charge in [0.15, 0.2) is 0 Å². The van der Waals surface area contributed by atoms with Gasteiger partial charge in [-0.2, -0.15) is 0 Å². The van der Waals surface area contributed by atoms with Gasteiger partial charge in [0.25, 0.3) is 0 Å². The monoisotopic (exact) mass is 399 g/mol. The van der Waals surface area contributed by atoms with Crippen molar-refractivity contribution in [1.29, 1.82) is 0 Å². The highest BCUT2D eigenvalue weighted by atomic mass is 16.5. The maximum atomic E-state index is 10.6. The molecule has 5 atom stereocenters. The van der Waals surface area contributed by atoms with Crippen LogP contribution >= 0.6 is 0 Å². The van der Waals surface area contributed by atoms with Crippen LogP contribution in [0.3, 0.4) is 0 Å². The normalized spacial score (nSPS) is 27.4. The lowest BCUT2D eigenvalue weighted by atomic mass is 9.90. The Hall–Kier alpha value is -2.42. The number of aromatic nitrogens is 1. The first-order chi connectivity index (χ1) is 13.9. The summed E-state index contributed by atoms with van der Waals surface area (Å²) in [6.45, 7) is 2.03. The van der Waals surface area contributed by atoms with Gasteiger partial charge in [-0.25, -0.2) is 0 Å². The molecule has 4 rings (SSSR count). The quantitative estimate of drug-likeness (QED) is 0.451. The van der Waals surface area contributed by atoms with Crippen molar-refractivity contribution in [2.45, 2.75) is 44.0 Å². The zero-order valence-corrected chi connectivity index (χ0v) is 16.0. The summed E-state index contributed by atoms with van der Waals surface area (Å²) in [5, 5.41) is 50.8. The molecule has 0 unspecified atom stereocenters. The second-order valence-corrected chi connectivity index (χ2v) is 7.60. The number of phenols is 1. The maximum absolute atomic E-state index is 10.6. The number of nitrogens with zero attached hydrogens (tertiary/aromatic N) is 1. The van der Waals surface area contributed by atoms with Gasteiger partial charge < -0.3 is 34.8 Å². The fourth-order valence-electron chi connectivity index (χ4n) is 4.07. The van der Waals surface area contributed by atoms with Gasteiger partial charge in [-0.05, 0) is 36.2 Å². The van der Waals surface area contributed by atoms with Crippen LogP contribution in [0.5, 0.6) is 5.75 Å². The zero-order valence-electron chi connectivity index (χ0n) is 16.0. The topological polar surface area (TPSA) is 115 Å². The van der Waals surface area contributed by atoms with E-state index < -0.39 is 37.1 Å². The van der Waals surface area contributed by atoms with Crippen molar-refractivity contribution in [2.75, 3.05) is 6.61 Å². The number of benzene rings is 2. The van der Waals surface area contributed by atoms with Crippen LogP contribution < -0.4 is 0 Å². The molecule has 0 saturated carbocycles. The van der Waals surface area contributed by atoms with E-state index in [1.807, 2.05) is 48.0 Å². The molecule has 1 fully saturated rings. The average Bonchev–Trinajstić information content (AvgIpc) is 3.08. The molecule has 29 heavy (non-hydrogen) atoms. The third kappa shape index (κ3) is 3.52. The van der Waals surface area contributed by atoms with E-state index in [-0.39, 0.29) is 5.75 Å². The molecule has 0 spiro atoms. The first-order valence-corrected chi connectivity index (χ1v) is 9.57. The van der Waals surface area contributed by atoms with Gasteiger partial charge in [0.2, 0.25) is 0 Å². The van der Waals surface area contributed by atoms with Gasteiger partial charge in [0, 0.05) is 29.2 Å². The van der Waals surface area contributed by atoms with Gasteiger partial charge in [0.1, 0.15) is 36.3 Å². The summed E-state index contributed by atoms with van der Waals surface area (Å²) >= 11 is 0. The van der Waals surface area contributed by atoms with Crippen LogP contribution in [0.1, 0.15) is 22.8 Å². The minimum Gasteiger partial charge on any atom is -0.508 e. The van der Waals surface area contributed by atoms with Crippen molar-refractivity contribution in [3.8, 4) is 5.75 Å². The maximum Gasteiger partial charge on any atom is 0.115 e. The van der Waals surface area contributed by atoms with Crippen molar-refractivity contribution in [1.82, 2.24) is 4.57 Å². The van der Waals surface area contributed by atoms with Gasteiger partial charge in [-0.3, -0.25) is 0 Å². The van der Waals surface area contributed by atoms with Crippen LogP contribution in [0, 0.1) is 6.92 Å². The van der Waals surface area contributed by atoms with E-state index in [0.717, 1.165) is 22.0 Å². The molecule has 1 aromatic heterocycles. The van der Waals surface area contributed by atoms with Crippen molar-refractivity contribution >= 4 is 10.9 Å². The summed E-state index contributed by atoms with van der Waals surface area (Å²) in [4.78, 5) is 0. The Kier molecular flexibility index (Phi) is 5.33. The largest absolute Gasteiger partial charge is 0.508 e. The van der Waals surface area contributed by atoms with Gasteiger partial charge >= 0.3 is 0 Å². The molecule has 0 radical (unpaired) electrons. The van der Waals surface area contributed by atoms with Crippen LogP contribution in [-0.4, -0.2) is 61.1 Å². The Morgan fingerprint density at radius 1 is 0.966 bits per heavy atom. The van der Waals surface area contributed by atoms with Crippen molar-refractivity contribution in [2.24, 2.45) is 0 Å². The van der Waals surface area contributed by atoms with E-state index in [4.69, 9.17) is 4.74 Å². The Labute approximate surface area is 168 Å². The molecule has 2 heterocycles. The number of ether oxygens (including phenoxy) is 1. The number of hydrogen-bond donors (Lipinski definition) is 5. The van der Waals surface area contributed by atoms with E-state index in [2.05, 4.69) is 0 Å². The average molecular weight is 399 g/mol. The number of fused-ring (bicyclic) bond motifs is 1. The minimum atomic E-state index is -1.43. The van der Waals surface area contributed by atoms with Crippen LogP contribution in [0.15, 0.2) is 48.7 Å². The predicted octanol–water partition coefficient (Wildman–Crippen LogP) is 1.22. The lowest BCUT2D eigenvalue weighted by Crippen LogP contribution is -2.55. The first-order valence-electron chi connectivity index (χ1n) is 9.57. The molecule has 3 aromatic rings. The molecule has 7 nitrogen and oxygen atoms in total. The summed E-state index contributed by atoms with van der Waals surface area (Å²) in [5.74, 6) is 0.198. The summed E-state index contributed by atoms with van der Waals surface area (Å²) in [6.07, 6.45) is -4.13. The number of aryl methyl sites for hydroxylation is 1. The molecule has 1 aliphatic rings. The number of rotatable bonds is 4. The standard InChI is InChI=1S/C22H25NO6/c1-12-3-2-4-16-18(12)15(10-23(16)9-13-5-7-14(25)8-6-13)22-21(28)20(27)19(26)17(11-24)29-22/h2-8,10,17,19-22,24-28H,9,11H2,1H3/t17-,19-,20+,21-,22+/m1/s1. The minimum absolute atomic E-state index is 0.198. The highest BCUT2D eigenvalue weighted by molar-refractivity contribution is 5.87. The molecular weight excluding hydrogens is 374 g/mol.